The van der Waals surface area contributed by atoms with Crippen molar-refractivity contribution >= 4 is 11.9 Å². The molecule has 1 fully saturated rings. The van der Waals surface area contributed by atoms with Gasteiger partial charge in [0.1, 0.15) is 6.54 Å². The van der Waals surface area contributed by atoms with Crippen molar-refractivity contribution < 1.29 is 4.79 Å². The number of nitrogens with one attached hydrogen (secondary N) is 3. The van der Waals surface area contributed by atoms with Crippen LogP contribution in [0.15, 0.2) is 35.3 Å². The van der Waals surface area contributed by atoms with Crippen LogP contribution in [0.4, 0.5) is 0 Å². The summed E-state index contributed by atoms with van der Waals surface area (Å²) in [6.45, 7) is 8.08. The van der Waals surface area contributed by atoms with Gasteiger partial charge >= 0.3 is 0 Å². The van der Waals surface area contributed by atoms with Crippen molar-refractivity contribution in [2.45, 2.75) is 45.4 Å². The fraction of sp³-hybridized carbons (Fsp3) is 0.636. The monoisotopic (exact) mass is 387 g/mol. The van der Waals surface area contributed by atoms with Crippen LogP contribution in [-0.4, -0.2) is 62.6 Å². The molecule has 1 aliphatic heterocycles. The van der Waals surface area contributed by atoms with Crippen molar-refractivity contribution in [3.63, 3.8) is 0 Å². The first-order chi connectivity index (χ1) is 13.8. The normalized spacial score (nSPS) is 15.7. The fourth-order valence-electron chi connectivity index (χ4n) is 3.41. The number of rotatable bonds is 10. The third kappa shape index (κ3) is 9.74. The Morgan fingerprint density at radius 2 is 1.75 bits per heavy atom. The molecule has 6 nitrogen and oxygen atoms in total. The topological polar surface area (TPSA) is 68.8 Å². The van der Waals surface area contributed by atoms with Gasteiger partial charge in [-0.05, 0) is 57.8 Å². The first-order valence-corrected chi connectivity index (χ1v) is 10.8. The van der Waals surface area contributed by atoms with Gasteiger partial charge in [0.15, 0.2) is 5.96 Å². The van der Waals surface area contributed by atoms with E-state index in [0.717, 1.165) is 38.4 Å². The van der Waals surface area contributed by atoms with Gasteiger partial charge in [-0.1, -0.05) is 43.2 Å². The molecule has 0 radical (unpaired) electrons. The van der Waals surface area contributed by atoms with Gasteiger partial charge in [0.25, 0.3) is 0 Å². The lowest BCUT2D eigenvalue weighted by Gasteiger charge is -2.20. The molecule has 0 aliphatic carbocycles. The summed E-state index contributed by atoms with van der Waals surface area (Å²) < 4.78 is 0. The van der Waals surface area contributed by atoms with E-state index in [1.807, 2.05) is 25.1 Å². The molecule has 6 heteroatoms. The van der Waals surface area contributed by atoms with Crippen molar-refractivity contribution in [2.24, 2.45) is 4.99 Å². The predicted octanol–water partition coefficient (Wildman–Crippen LogP) is 2.17. The SMILES string of the molecule is CCNC(=NCC(=O)NCCc1ccccc1)NCCCN1CCCCCC1. The second kappa shape index (κ2) is 14.0. The van der Waals surface area contributed by atoms with Gasteiger partial charge in [-0.25, -0.2) is 4.99 Å². The Bertz CT molecular complexity index is 568. The summed E-state index contributed by atoms with van der Waals surface area (Å²) in [6.07, 6.45) is 7.34. The number of amides is 1. The molecule has 0 bridgehead atoms. The van der Waals surface area contributed by atoms with Gasteiger partial charge in [-0.3, -0.25) is 4.79 Å². The van der Waals surface area contributed by atoms with Crippen LogP contribution >= 0.6 is 0 Å². The zero-order valence-electron chi connectivity index (χ0n) is 17.4. The molecule has 0 atom stereocenters. The summed E-state index contributed by atoms with van der Waals surface area (Å²) in [6, 6.07) is 10.2. The van der Waals surface area contributed by atoms with Crippen LogP contribution in [-0.2, 0) is 11.2 Å². The molecule has 1 aromatic rings. The van der Waals surface area contributed by atoms with Gasteiger partial charge < -0.3 is 20.9 Å². The highest BCUT2D eigenvalue weighted by Gasteiger charge is 2.08. The highest BCUT2D eigenvalue weighted by molar-refractivity contribution is 5.84. The average Bonchev–Trinajstić information content (AvgIpc) is 2.99. The van der Waals surface area contributed by atoms with Crippen LogP contribution in [0.1, 0.15) is 44.6 Å². The Balaban J connectivity index is 1.62. The van der Waals surface area contributed by atoms with Gasteiger partial charge in [0, 0.05) is 19.6 Å². The lowest BCUT2D eigenvalue weighted by atomic mass is 10.1. The lowest BCUT2D eigenvalue weighted by Crippen LogP contribution is -2.40. The molecule has 1 saturated heterocycles. The zero-order valence-corrected chi connectivity index (χ0v) is 17.4. The second-order valence-electron chi connectivity index (χ2n) is 7.32. The van der Waals surface area contributed by atoms with E-state index in [1.165, 1.54) is 44.3 Å². The van der Waals surface area contributed by atoms with Crippen molar-refractivity contribution in [3.8, 4) is 0 Å². The number of guanidine groups is 1. The molecule has 1 aliphatic rings. The molecule has 2 rings (SSSR count). The molecule has 28 heavy (non-hydrogen) atoms. The summed E-state index contributed by atoms with van der Waals surface area (Å²) in [5.41, 5.74) is 1.23. The maximum atomic E-state index is 12.0. The number of carbonyl (C=O) groups excluding carboxylic acids is 1. The van der Waals surface area contributed by atoms with Gasteiger partial charge in [-0.15, -0.1) is 0 Å². The Kier molecular flexibility index (Phi) is 11.1. The molecule has 3 N–H and O–H groups in total. The molecule has 1 heterocycles. The van der Waals surface area contributed by atoms with Crippen LogP contribution in [0.25, 0.3) is 0 Å². The Hall–Kier alpha value is -2.08. The minimum Gasteiger partial charge on any atom is -0.357 e. The smallest absolute Gasteiger partial charge is 0.241 e. The number of hydrogen-bond acceptors (Lipinski definition) is 3. The summed E-state index contributed by atoms with van der Waals surface area (Å²) in [5, 5.41) is 9.50. The molecular formula is C22H37N5O. The first kappa shape index (κ1) is 22.2. The Morgan fingerprint density at radius 1 is 1.00 bits per heavy atom. The molecule has 0 unspecified atom stereocenters. The standard InChI is InChI=1S/C22H37N5O/c1-2-23-22(25-14-10-18-27-16-8-3-4-9-17-27)26-19-21(28)24-15-13-20-11-6-5-7-12-20/h5-7,11-12H,2-4,8-10,13-19H2,1H3,(H,24,28)(H2,23,25,26). The number of nitrogens with zero attached hydrogens (tertiary/aromatic N) is 2. The second-order valence-corrected chi connectivity index (χ2v) is 7.32. The molecule has 0 aromatic heterocycles. The van der Waals surface area contributed by atoms with Crippen LogP contribution in [0.2, 0.25) is 0 Å². The number of likely N-dealkylation sites (tertiary alicyclic amines) is 1. The van der Waals surface area contributed by atoms with E-state index < -0.39 is 0 Å². The van der Waals surface area contributed by atoms with Crippen molar-refractivity contribution in [3.05, 3.63) is 35.9 Å². The van der Waals surface area contributed by atoms with Gasteiger partial charge in [0.05, 0.1) is 0 Å². The maximum absolute atomic E-state index is 12.0. The molecule has 0 saturated carbocycles. The summed E-state index contributed by atoms with van der Waals surface area (Å²) in [4.78, 5) is 19.0. The molecule has 1 amide bonds. The van der Waals surface area contributed by atoms with E-state index in [0.29, 0.717) is 6.54 Å². The van der Waals surface area contributed by atoms with Crippen LogP contribution in [0.3, 0.4) is 0 Å². The van der Waals surface area contributed by atoms with Crippen LogP contribution in [0, 0.1) is 0 Å². The molecule has 156 valence electrons. The van der Waals surface area contributed by atoms with E-state index in [9.17, 15) is 4.79 Å². The summed E-state index contributed by atoms with van der Waals surface area (Å²) in [5.74, 6) is 0.675. The van der Waals surface area contributed by atoms with E-state index in [1.54, 1.807) is 0 Å². The van der Waals surface area contributed by atoms with E-state index >= 15 is 0 Å². The van der Waals surface area contributed by atoms with Crippen molar-refractivity contribution in [1.82, 2.24) is 20.9 Å². The first-order valence-electron chi connectivity index (χ1n) is 10.8. The quantitative estimate of drug-likeness (QED) is 0.327. The van der Waals surface area contributed by atoms with Gasteiger partial charge in [-0.2, -0.15) is 0 Å². The van der Waals surface area contributed by atoms with Crippen molar-refractivity contribution in [1.29, 1.82) is 0 Å². The third-order valence-corrected chi connectivity index (χ3v) is 4.95. The highest BCUT2D eigenvalue weighted by atomic mass is 16.1. The molecule has 0 spiro atoms. The van der Waals surface area contributed by atoms with Crippen LogP contribution in [0.5, 0.6) is 0 Å². The van der Waals surface area contributed by atoms with Crippen LogP contribution < -0.4 is 16.0 Å². The number of aliphatic imine (C=N–C) groups is 1. The van der Waals surface area contributed by atoms with E-state index in [4.69, 9.17) is 0 Å². The number of hydrogen-bond donors (Lipinski definition) is 3. The van der Waals surface area contributed by atoms with Gasteiger partial charge in [0.2, 0.25) is 5.91 Å². The maximum Gasteiger partial charge on any atom is 0.241 e. The number of carbonyl (C=O) groups is 1. The largest absolute Gasteiger partial charge is 0.357 e. The average molecular weight is 388 g/mol. The van der Waals surface area contributed by atoms with Crippen molar-refractivity contribution in [2.75, 3.05) is 45.8 Å². The Labute approximate surface area is 170 Å². The Morgan fingerprint density at radius 3 is 2.46 bits per heavy atom. The minimum absolute atomic E-state index is 0.0438. The highest BCUT2D eigenvalue weighted by Crippen LogP contribution is 2.09. The summed E-state index contributed by atoms with van der Waals surface area (Å²) >= 11 is 0. The predicted molar refractivity (Wildman–Crippen MR) is 117 cm³/mol. The fourth-order valence-corrected chi connectivity index (χ4v) is 3.41. The lowest BCUT2D eigenvalue weighted by molar-refractivity contribution is -0.119. The van der Waals surface area contributed by atoms with E-state index in [-0.39, 0.29) is 12.5 Å². The molecule has 1 aromatic carbocycles. The van der Waals surface area contributed by atoms with E-state index in [2.05, 4.69) is 38.0 Å². The minimum atomic E-state index is -0.0438. The number of benzene rings is 1. The summed E-state index contributed by atoms with van der Waals surface area (Å²) in [7, 11) is 0. The zero-order chi connectivity index (χ0) is 19.9. The molecular weight excluding hydrogens is 350 g/mol. The third-order valence-electron chi connectivity index (χ3n) is 4.95.